The van der Waals surface area contributed by atoms with Gasteiger partial charge in [0.2, 0.25) is 0 Å². The molecule has 0 N–H and O–H groups in total. The van der Waals surface area contributed by atoms with E-state index in [1.807, 2.05) is 12.1 Å². The number of carbonyl (C=O) groups excluding carboxylic acids is 1. The number of halogens is 1. The molecule has 1 rings (SSSR count). The van der Waals surface area contributed by atoms with Crippen molar-refractivity contribution < 1.29 is 9.53 Å². The summed E-state index contributed by atoms with van der Waals surface area (Å²) in [6.45, 7) is 1.82. The molecule has 0 radical (unpaired) electrons. The van der Waals surface area contributed by atoms with Crippen LogP contribution in [0, 0.1) is 22.7 Å². The summed E-state index contributed by atoms with van der Waals surface area (Å²) in [5.41, 5.74) is -1.06. The first-order valence-corrected chi connectivity index (χ1v) is 6.22. The normalized spacial score (nSPS) is 14.5. The fourth-order valence-electron chi connectivity index (χ4n) is 1.77. The van der Waals surface area contributed by atoms with Crippen LogP contribution < -0.4 is 0 Å². The molecule has 0 aliphatic rings. The number of benzene rings is 1. The van der Waals surface area contributed by atoms with Crippen LogP contribution in [0.25, 0.3) is 0 Å². The fraction of sp³-hybridized carbons (Fsp3) is 0.357. The lowest BCUT2D eigenvalue weighted by Crippen LogP contribution is -2.38. The number of esters is 1. The second-order valence-electron chi connectivity index (χ2n) is 3.90. The third-order valence-corrected chi connectivity index (χ3v) is 2.96. The number of nitriles is 2. The van der Waals surface area contributed by atoms with Gasteiger partial charge in [0.15, 0.2) is 5.41 Å². The highest BCUT2D eigenvalue weighted by Gasteiger charge is 2.44. The molecule has 4 nitrogen and oxygen atoms in total. The molecular formula is C14H13ClN2O2. The Morgan fingerprint density at radius 1 is 1.42 bits per heavy atom. The van der Waals surface area contributed by atoms with Crippen molar-refractivity contribution in [3.63, 3.8) is 0 Å². The quantitative estimate of drug-likeness (QED) is 0.612. The minimum Gasteiger partial charge on any atom is -0.465 e. The molecule has 0 amide bonds. The monoisotopic (exact) mass is 276 g/mol. The Morgan fingerprint density at radius 2 is 2.05 bits per heavy atom. The van der Waals surface area contributed by atoms with Crippen LogP contribution in [0.4, 0.5) is 0 Å². The van der Waals surface area contributed by atoms with Crippen LogP contribution in [0.2, 0.25) is 0 Å². The third-order valence-electron chi connectivity index (χ3n) is 2.71. The van der Waals surface area contributed by atoms with Crippen LogP contribution in [0.1, 0.15) is 18.9 Å². The number of alkyl halides is 1. The lowest BCUT2D eigenvalue weighted by atomic mass is 9.78. The van der Waals surface area contributed by atoms with Crippen LogP contribution in [-0.4, -0.2) is 18.0 Å². The summed E-state index contributed by atoms with van der Waals surface area (Å²) in [5, 5.41) is 17.3. The number of hydrogen-bond donors (Lipinski definition) is 0. The Bertz CT molecular complexity index is 518. The summed E-state index contributed by atoms with van der Waals surface area (Å²) in [4.78, 5) is 12.1. The van der Waals surface area contributed by atoms with Gasteiger partial charge in [-0.3, -0.25) is 0 Å². The zero-order valence-corrected chi connectivity index (χ0v) is 11.2. The Kier molecular flexibility index (Phi) is 5.36. The van der Waals surface area contributed by atoms with E-state index in [1.54, 1.807) is 37.3 Å². The smallest absolute Gasteiger partial charge is 0.331 e. The maximum absolute atomic E-state index is 12.1. The molecule has 0 aliphatic carbocycles. The number of hydrogen-bond acceptors (Lipinski definition) is 4. The van der Waals surface area contributed by atoms with Crippen molar-refractivity contribution in [1.29, 1.82) is 10.5 Å². The van der Waals surface area contributed by atoms with Crippen LogP contribution in [0.15, 0.2) is 30.3 Å². The Labute approximate surface area is 117 Å². The van der Waals surface area contributed by atoms with Crippen molar-refractivity contribution in [2.24, 2.45) is 0 Å². The van der Waals surface area contributed by atoms with E-state index in [0.717, 1.165) is 0 Å². The molecule has 19 heavy (non-hydrogen) atoms. The number of rotatable bonds is 5. The predicted octanol–water partition coefficient (Wildman–Crippen LogP) is 2.53. The molecule has 98 valence electrons. The Balaban J connectivity index is 3.27. The SMILES string of the molecule is CCOC(=O)[C@](C#N)(C[C@@H](Cl)C#N)c1ccccc1. The van der Waals surface area contributed by atoms with Crippen molar-refractivity contribution in [1.82, 2.24) is 0 Å². The third kappa shape index (κ3) is 3.24. The van der Waals surface area contributed by atoms with Crippen molar-refractivity contribution in [3.8, 4) is 12.1 Å². The minimum absolute atomic E-state index is 0.107. The minimum atomic E-state index is -1.54. The molecule has 1 aromatic rings. The number of carbonyl (C=O) groups is 1. The molecule has 5 heteroatoms. The lowest BCUT2D eigenvalue weighted by Gasteiger charge is -2.25. The first kappa shape index (κ1) is 15.0. The second kappa shape index (κ2) is 6.78. The van der Waals surface area contributed by atoms with E-state index in [0.29, 0.717) is 5.56 Å². The van der Waals surface area contributed by atoms with E-state index in [2.05, 4.69) is 0 Å². The molecule has 0 bridgehead atoms. The van der Waals surface area contributed by atoms with E-state index >= 15 is 0 Å². The summed E-state index contributed by atoms with van der Waals surface area (Å²) < 4.78 is 4.97. The van der Waals surface area contributed by atoms with E-state index in [1.165, 1.54) is 0 Å². The van der Waals surface area contributed by atoms with Gasteiger partial charge >= 0.3 is 5.97 Å². The van der Waals surface area contributed by atoms with Gasteiger partial charge in [-0.05, 0) is 12.5 Å². The maximum Gasteiger partial charge on any atom is 0.331 e. The van der Waals surface area contributed by atoms with Crippen molar-refractivity contribution >= 4 is 17.6 Å². The highest BCUT2D eigenvalue weighted by Crippen LogP contribution is 2.32. The molecular weight excluding hydrogens is 264 g/mol. The van der Waals surface area contributed by atoms with E-state index in [4.69, 9.17) is 21.6 Å². The predicted molar refractivity (Wildman–Crippen MR) is 70.2 cm³/mol. The van der Waals surface area contributed by atoms with Crippen molar-refractivity contribution in [3.05, 3.63) is 35.9 Å². The summed E-state index contributed by atoms with van der Waals surface area (Å²) in [6, 6.07) is 12.3. The van der Waals surface area contributed by atoms with Gasteiger partial charge in [-0.1, -0.05) is 30.3 Å². The molecule has 0 saturated heterocycles. The highest BCUT2D eigenvalue weighted by molar-refractivity contribution is 6.22. The first-order valence-electron chi connectivity index (χ1n) is 5.78. The molecule has 0 spiro atoms. The molecule has 0 saturated carbocycles. The van der Waals surface area contributed by atoms with Gasteiger partial charge in [0.25, 0.3) is 0 Å². The Hall–Kier alpha value is -2.04. The van der Waals surface area contributed by atoms with E-state index in [9.17, 15) is 10.1 Å². The summed E-state index contributed by atoms with van der Waals surface area (Å²) in [7, 11) is 0. The average Bonchev–Trinajstić information content (AvgIpc) is 2.45. The van der Waals surface area contributed by atoms with Crippen molar-refractivity contribution in [2.45, 2.75) is 24.1 Å². The van der Waals surface area contributed by atoms with Gasteiger partial charge in [0.05, 0.1) is 18.7 Å². The van der Waals surface area contributed by atoms with Crippen LogP contribution in [0.3, 0.4) is 0 Å². The zero-order valence-electron chi connectivity index (χ0n) is 10.5. The molecule has 0 fully saturated rings. The highest BCUT2D eigenvalue weighted by atomic mass is 35.5. The van der Waals surface area contributed by atoms with Gasteiger partial charge in [0, 0.05) is 6.42 Å². The van der Waals surface area contributed by atoms with Gasteiger partial charge in [-0.25, -0.2) is 4.79 Å². The number of ether oxygens (including phenoxy) is 1. The number of nitrogens with zero attached hydrogens (tertiary/aromatic N) is 2. The molecule has 0 aliphatic heterocycles. The topological polar surface area (TPSA) is 73.9 Å². The summed E-state index contributed by atoms with van der Waals surface area (Å²) >= 11 is 5.80. The molecule has 0 aromatic heterocycles. The second-order valence-corrected chi connectivity index (χ2v) is 4.43. The molecule has 0 heterocycles. The van der Waals surface area contributed by atoms with Gasteiger partial charge < -0.3 is 4.74 Å². The van der Waals surface area contributed by atoms with Gasteiger partial charge in [-0.15, -0.1) is 11.6 Å². The molecule has 1 aromatic carbocycles. The molecule has 2 atom stereocenters. The standard InChI is InChI=1S/C14H13ClN2O2/c1-2-19-13(18)14(10-17,8-12(15)9-16)11-6-4-3-5-7-11/h3-7,12H,2,8H2,1H3/t12-,14+/m1/s1. The van der Waals surface area contributed by atoms with Gasteiger partial charge in [-0.2, -0.15) is 10.5 Å². The van der Waals surface area contributed by atoms with Gasteiger partial charge in [0.1, 0.15) is 5.38 Å². The molecule has 0 unspecified atom stereocenters. The van der Waals surface area contributed by atoms with Crippen LogP contribution >= 0.6 is 11.6 Å². The first-order chi connectivity index (χ1) is 9.10. The van der Waals surface area contributed by atoms with E-state index < -0.39 is 16.8 Å². The van der Waals surface area contributed by atoms with E-state index in [-0.39, 0.29) is 13.0 Å². The van der Waals surface area contributed by atoms with Crippen molar-refractivity contribution in [2.75, 3.05) is 6.61 Å². The summed E-state index contributed by atoms with van der Waals surface area (Å²) in [5.74, 6) is -0.676. The largest absolute Gasteiger partial charge is 0.465 e. The lowest BCUT2D eigenvalue weighted by molar-refractivity contribution is -0.148. The zero-order chi connectivity index (χ0) is 14.3. The fourth-order valence-corrected chi connectivity index (χ4v) is 2.00. The van der Waals surface area contributed by atoms with Crippen LogP contribution in [-0.2, 0) is 14.9 Å². The van der Waals surface area contributed by atoms with Crippen LogP contribution in [0.5, 0.6) is 0 Å². The summed E-state index contributed by atoms with van der Waals surface area (Å²) in [6.07, 6.45) is -0.107. The maximum atomic E-state index is 12.1. The average molecular weight is 277 g/mol. The Morgan fingerprint density at radius 3 is 2.53 bits per heavy atom.